The van der Waals surface area contributed by atoms with E-state index in [0.717, 1.165) is 5.56 Å². The van der Waals surface area contributed by atoms with Crippen molar-refractivity contribution < 1.29 is 0 Å². The van der Waals surface area contributed by atoms with E-state index in [2.05, 4.69) is 35.8 Å². The van der Waals surface area contributed by atoms with Crippen LogP contribution in [0.1, 0.15) is 17.2 Å². The third kappa shape index (κ3) is 1.22. The summed E-state index contributed by atoms with van der Waals surface area (Å²) in [5.41, 5.74) is 2.44. The molecule has 1 heteroatoms. The molecular weight excluding hydrogens is 134 g/mol. The standard InChI is InChI=1S/C10H9N/c1-2-8-3-5-9(6-4-8)10-7-11-10/h2-7,10H,1H2. The molecule has 0 N–H and O–H groups in total. The highest BCUT2D eigenvalue weighted by Gasteiger charge is 2.14. The summed E-state index contributed by atoms with van der Waals surface area (Å²) in [7, 11) is 0. The SMILES string of the molecule is C=Cc1ccc(C2C=N2)cc1. The van der Waals surface area contributed by atoms with Crippen molar-refractivity contribution in [2.75, 3.05) is 0 Å². The minimum atomic E-state index is 0.369. The molecule has 1 aromatic carbocycles. The predicted octanol–water partition coefficient (Wildman–Crippen LogP) is 2.46. The van der Waals surface area contributed by atoms with Crippen LogP contribution in [0.2, 0.25) is 0 Å². The maximum atomic E-state index is 4.08. The summed E-state index contributed by atoms with van der Waals surface area (Å²) >= 11 is 0. The van der Waals surface area contributed by atoms with Gasteiger partial charge >= 0.3 is 0 Å². The highest BCUT2D eigenvalue weighted by molar-refractivity contribution is 5.80. The Morgan fingerprint density at radius 1 is 1.27 bits per heavy atom. The van der Waals surface area contributed by atoms with Gasteiger partial charge < -0.3 is 0 Å². The molecule has 0 bridgehead atoms. The van der Waals surface area contributed by atoms with E-state index in [1.54, 1.807) is 0 Å². The van der Waals surface area contributed by atoms with Gasteiger partial charge in [0, 0.05) is 6.21 Å². The number of hydrogen-bond acceptors (Lipinski definition) is 1. The molecule has 54 valence electrons. The van der Waals surface area contributed by atoms with Crippen LogP contribution in [-0.4, -0.2) is 6.21 Å². The maximum Gasteiger partial charge on any atom is 0.109 e. The second-order valence-corrected chi connectivity index (χ2v) is 2.61. The lowest BCUT2D eigenvalue weighted by Gasteiger charge is -1.96. The molecule has 0 fully saturated rings. The van der Waals surface area contributed by atoms with E-state index < -0.39 is 0 Å². The van der Waals surface area contributed by atoms with E-state index in [-0.39, 0.29) is 0 Å². The van der Waals surface area contributed by atoms with Crippen molar-refractivity contribution >= 4 is 12.3 Å². The van der Waals surface area contributed by atoms with Crippen molar-refractivity contribution in [3.8, 4) is 0 Å². The van der Waals surface area contributed by atoms with Crippen molar-refractivity contribution in [2.45, 2.75) is 6.04 Å². The number of nitrogens with zero attached hydrogens (tertiary/aromatic N) is 1. The second-order valence-electron chi connectivity index (χ2n) is 2.61. The Bertz CT molecular complexity index is 289. The Hall–Kier alpha value is -1.37. The summed E-state index contributed by atoms with van der Waals surface area (Å²) in [6.07, 6.45) is 3.79. The zero-order chi connectivity index (χ0) is 7.68. The summed E-state index contributed by atoms with van der Waals surface area (Å²) in [6.45, 7) is 3.69. The minimum Gasteiger partial charge on any atom is -0.281 e. The molecule has 0 amide bonds. The number of hydrogen-bond donors (Lipinski definition) is 0. The first-order valence-electron chi connectivity index (χ1n) is 3.66. The largest absolute Gasteiger partial charge is 0.281 e. The Labute approximate surface area is 66.1 Å². The topological polar surface area (TPSA) is 12.4 Å². The van der Waals surface area contributed by atoms with E-state index in [1.807, 2.05) is 12.3 Å². The quantitative estimate of drug-likeness (QED) is 0.603. The molecule has 0 saturated heterocycles. The van der Waals surface area contributed by atoms with E-state index in [9.17, 15) is 0 Å². The number of rotatable bonds is 2. The summed E-state index contributed by atoms with van der Waals surface area (Å²) < 4.78 is 0. The number of benzene rings is 1. The summed E-state index contributed by atoms with van der Waals surface area (Å²) in [5.74, 6) is 0. The summed E-state index contributed by atoms with van der Waals surface area (Å²) in [6, 6.07) is 8.67. The lowest BCUT2D eigenvalue weighted by Crippen LogP contribution is -1.80. The normalized spacial score (nSPS) is 19.8. The molecular formula is C10H9N. The highest BCUT2D eigenvalue weighted by Crippen LogP contribution is 2.24. The molecule has 0 aliphatic carbocycles. The fraction of sp³-hybridized carbons (Fsp3) is 0.100. The smallest absolute Gasteiger partial charge is 0.109 e. The monoisotopic (exact) mass is 143 g/mol. The maximum absolute atomic E-state index is 4.08. The van der Waals surface area contributed by atoms with Crippen LogP contribution in [-0.2, 0) is 0 Å². The van der Waals surface area contributed by atoms with Crippen LogP contribution in [0.25, 0.3) is 6.08 Å². The molecule has 0 radical (unpaired) electrons. The van der Waals surface area contributed by atoms with Crippen LogP contribution in [0, 0.1) is 0 Å². The fourth-order valence-electron chi connectivity index (χ4n) is 1.04. The van der Waals surface area contributed by atoms with Crippen molar-refractivity contribution in [3.05, 3.63) is 42.0 Å². The van der Waals surface area contributed by atoms with E-state index >= 15 is 0 Å². The van der Waals surface area contributed by atoms with Crippen LogP contribution in [0.15, 0.2) is 35.8 Å². The third-order valence-corrected chi connectivity index (χ3v) is 1.81. The van der Waals surface area contributed by atoms with Crippen molar-refractivity contribution in [1.82, 2.24) is 0 Å². The molecule has 0 aromatic heterocycles. The molecule has 1 aromatic rings. The first-order chi connectivity index (χ1) is 5.40. The van der Waals surface area contributed by atoms with Gasteiger partial charge in [0.1, 0.15) is 6.04 Å². The van der Waals surface area contributed by atoms with E-state index in [4.69, 9.17) is 0 Å². The summed E-state index contributed by atoms with van der Waals surface area (Å²) in [4.78, 5) is 4.08. The van der Waals surface area contributed by atoms with Gasteiger partial charge in [-0.3, -0.25) is 4.99 Å². The van der Waals surface area contributed by atoms with Gasteiger partial charge in [-0.1, -0.05) is 36.9 Å². The van der Waals surface area contributed by atoms with Gasteiger partial charge in [0.05, 0.1) is 0 Å². The fourth-order valence-corrected chi connectivity index (χ4v) is 1.04. The Kier molecular flexibility index (Phi) is 1.35. The molecule has 1 atom stereocenters. The van der Waals surface area contributed by atoms with Crippen LogP contribution in [0.5, 0.6) is 0 Å². The Morgan fingerprint density at radius 3 is 2.36 bits per heavy atom. The van der Waals surface area contributed by atoms with Gasteiger partial charge in [0.25, 0.3) is 0 Å². The van der Waals surface area contributed by atoms with Crippen LogP contribution in [0.4, 0.5) is 0 Å². The zero-order valence-electron chi connectivity index (χ0n) is 6.20. The highest BCUT2D eigenvalue weighted by atomic mass is 14.9. The average Bonchev–Trinajstić information content (AvgIpc) is 2.87. The molecule has 1 unspecified atom stereocenters. The lowest BCUT2D eigenvalue weighted by atomic mass is 10.1. The van der Waals surface area contributed by atoms with Gasteiger partial charge in [-0.05, 0) is 11.1 Å². The zero-order valence-corrected chi connectivity index (χ0v) is 6.20. The van der Waals surface area contributed by atoms with Crippen LogP contribution >= 0.6 is 0 Å². The molecule has 1 nitrogen and oxygen atoms in total. The molecule has 1 aliphatic rings. The molecule has 1 aliphatic heterocycles. The predicted molar refractivity (Wildman–Crippen MR) is 47.8 cm³/mol. The first kappa shape index (κ1) is 6.35. The number of aliphatic imine (C=N–C) groups is 1. The Balaban J connectivity index is 2.26. The lowest BCUT2D eigenvalue weighted by molar-refractivity contribution is 1.14. The second kappa shape index (κ2) is 2.35. The molecule has 0 spiro atoms. The molecule has 11 heavy (non-hydrogen) atoms. The first-order valence-corrected chi connectivity index (χ1v) is 3.66. The average molecular weight is 143 g/mol. The molecule has 1 heterocycles. The summed E-state index contributed by atoms with van der Waals surface area (Å²) in [5, 5.41) is 0. The van der Waals surface area contributed by atoms with Gasteiger partial charge in [-0.25, -0.2) is 0 Å². The van der Waals surface area contributed by atoms with E-state index in [1.165, 1.54) is 5.56 Å². The van der Waals surface area contributed by atoms with Gasteiger partial charge in [-0.2, -0.15) is 0 Å². The van der Waals surface area contributed by atoms with Crippen LogP contribution in [0.3, 0.4) is 0 Å². The Morgan fingerprint density at radius 2 is 1.91 bits per heavy atom. The van der Waals surface area contributed by atoms with Gasteiger partial charge in [-0.15, -0.1) is 0 Å². The van der Waals surface area contributed by atoms with Gasteiger partial charge in [0.15, 0.2) is 0 Å². The van der Waals surface area contributed by atoms with Crippen molar-refractivity contribution in [3.63, 3.8) is 0 Å². The van der Waals surface area contributed by atoms with Crippen molar-refractivity contribution in [2.24, 2.45) is 4.99 Å². The van der Waals surface area contributed by atoms with Crippen molar-refractivity contribution in [1.29, 1.82) is 0 Å². The third-order valence-electron chi connectivity index (χ3n) is 1.81. The van der Waals surface area contributed by atoms with Crippen LogP contribution < -0.4 is 0 Å². The molecule has 0 saturated carbocycles. The molecule has 2 rings (SSSR count). The van der Waals surface area contributed by atoms with Gasteiger partial charge in [0.2, 0.25) is 0 Å². The minimum absolute atomic E-state index is 0.369. The van der Waals surface area contributed by atoms with E-state index in [0.29, 0.717) is 6.04 Å².